The second-order valence-corrected chi connectivity index (χ2v) is 4.26. The smallest absolute Gasteiger partial charge is 0.339 e. The summed E-state index contributed by atoms with van der Waals surface area (Å²) in [5.74, 6) is -4.43. The lowest BCUT2D eigenvalue weighted by Gasteiger charge is -2.28. The van der Waals surface area contributed by atoms with Crippen LogP contribution in [0.25, 0.3) is 0 Å². The number of esters is 1. The number of rotatable bonds is 3. The summed E-state index contributed by atoms with van der Waals surface area (Å²) in [5.41, 5.74) is 0.282. The number of methoxy groups -OCH3 is 1. The van der Waals surface area contributed by atoms with E-state index in [4.69, 9.17) is 9.99 Å². The van der Waals surface area contributed by atoms with E-state index in [1.807, 2.05) is 0 Å². The molecule has 0 aromatic heterocycles. The van der Waals surface area contributed by atoms with Gasteiger partial charge < -0.3 is 14.6 Å². The van der Waals surface area contributed by atoms with Gasteiger partial charge >= 0.3 is 5.97 Å². The van der Waals surface area contributed by atoms with Gasteiger partial charge in [0.15, 0.2) is 5.79 Å². The van der Waals surface area contributed by atoms with Crippen molar-refractivity contribution in [2.75, 3.05) is 7.11 Å². The Bertz CT molecular complexity index is 507. The number of benzene rings is 1. The van der Waals surface area contributed by atoms with Crippen LogP contribution in [0.15, 0.2) is 42.0 Å². The molecule has 2 unspecified atom stereocenters. The topological polar surface area (TPSA) is 85.2 Å². The SMILES string of the molecule is COC(=O)C1=CC(OO)(c2ccccc2)OC1(C)O. The van der Waals surface area contributed by atoms with Gasteiger partial charge in [0.05, 0.1) is 12.7 Å². The molecule has 6 nitrogen and oxygen atoms in total. The molecule has 2 N–H and O–H groups in total. The summed E-state index contributed by atoms with van der Waals surface area (Å²) in [7, 11) is 1.18. The van der Waals surface area contributed by atoms with Crippen LogP contribution in [0, 0.1) is 0 Å². The number of hydrogen-bond donors (Lipinski definition) is 2. The van der Waals surface area contributed by atoms with Gasteiger partial charge in [-0.05, 0) is 13.0 Å². The zero-order valence-corrected chi connectivity index (χ0v) is 10.5. The van der Waals surface area contributed by atoms with Crippen molar-refractivity contribution < 1.29 is 29.5 Å². The van der Waals surface area contributed by atoms with Crippen LogP contribution in [-0.4, -0.2) is 29.2 Å². The predicted octanol–water partition coefficient (Wildman–Crippen LogP) is 1.17. The first-order valence-electron chi connectivity index (χ1n) is 5.57. The highest BCUT2D eigenvalue weighted by Gasteiger charge is 2.52. The molecular formula is C13H14O6. The lowest BCUT2D eigenvalue weighted by Crippen LogP contribution is -2.37. The number of hydrogen-bond acceptors (Lipinski definition) is 6. The van der Waals surface area contributed by atoms with Crippen molar-refractivity contribution in [1.82, 2.24) is 0 Å². The predicted molar refractivity (Wildman–Crippen MR) is 63.6 cm³/mol. The zero-order valence-electron chi connectivity index (χ0n) is 10.5. The molecule has 2 rings (SSSR count). The Kier molecular flexibility index (Phi) is 3.42. The van der Waals surface area contributed by atoms with Crippen molar-refractivity contribution >= 4 is 5.97 Å². The normalized spacial score (nSPS) is 30.0. The van der Waals surface area contributed by atoms with Gasteiger partial charge in [0.2, 0.25) is 5.79 Å². The van der Waals surface area contributed by atoms with E-state index in [0.717, 1.165) is 0 Å². The monoisotopic (exact) mass is 266 g/mol. The van der Waals surface area contributed by atoms with Crippen LogP contribution in [0.5, 0.6) is 0 Å². The Morgan fingerprint density at radius 1 is 1.32 bits per heavy atom. The molecule has 1 aliphatic rings. The summed E-state index contributed by atoms with van der Waals surface area (Å²) in [5, 5.41) is 19.2. The molecule has 0 bridgehead atoms. The van der Waals surface area contributed by atoms with Gasteiger partial charge in [0.1, 0.15) is 0 Å². The van der Waals surface area contributed by atoms with Crippen molar-refractivity contribution in [3.05, 3.63) is 47.5 Å². The molecule has 0 spiro atoms. The minimum Gasteiger partial charge on any atom is -0.466 e. The second kappa shape index (κ2) is 4.75. The largest absolute Gasteiger partial charge is 0.466 e. The van der Waals surface area contributed by atoms with Gasteiger partial charge in [-0.1, -0.05) is 30.3 Å². The van der Waals surface area contributed by atoms with Crippen LogP contribution in [0.2, 0.25) is 0 Å². The molecule has 0 radical (unpaired) electrons. The fourth-order valence-electron chi connectivity index (χ4n) is 1.97. The van der Waals surface area contributed by atoms with Crippen molar-refractivity contribution in [1.29, 1.82) is 0 Å². The Labute approximate surface area is 109 Å². The van der Waals surface area contributed by atoms with Crippen LogP contribution in [0.1, 0.15) is 12.5 Å². The van der Waals surface area contributed by atoms with Gasteiger partial charge in [0.25, 0.3) is 0 Å². The molecule has 0 aliphatic carbocycles. The highest BCUT2D eigenvalue weighted by atomic mass is 17.1. The van der Waals surface area contributed by atoms with E-state index in [1.165, 1.54) is 20.1 Å². The summed E-state index contributed by atoms with van der Waals surface area (Å²) < 4.78 is 9.86. The standard InChI is InChI=1S/C13H14O6/c1-12(15)10(11(14)17-2)8-13(18-12,19-16)9-6-4-3-5-7-9/h3-8,15-16H,1-2H3. The van der Waals surface area contributed by atoms with Gasteiger partial charge in [-0.3, -0.25) is 0 Å². The second-order valence-electron chi connectivity index (χ2n) is 4.26. The maximum absolute atomic E-state index is 11.6. The third-order valence-corrected chi connectivity index (χ3v) is 2.90. The van der Waals surface area contributed by atoms with Crippen LogP contribution >= 0.6 is 0 Å². The van der Waals surface area contributed by atoms with Crippen LogP contribution < -0.4 is 0 Å². The summed E-state index contributed by atoms with van der Waals surface area (Å²) in [6.45, 7) is 1.26. The molecule has 1 heterocycles. The van der Waals surface area contributed by atoms with Crippen LogP contribution in [0.4, 0.5) is 0 Å². The van der Waals surface area contributed by atoms with Gasteiger partial charge in [-0.2, -0.15) is 4.89 Å². The summed E-state index contributed by atoms with van der Waals surface area (Å²) in [6.07, 6.45) is 1.19. The summed E-state index contributed by atoms with van der Waals surface area (Å²) in [6, 6.07) is 8.44. The highest BCUT2D eigenvalue weighted by molar-refractivity contribution is 5.91. The van der Waals surface area contributed by atoms with Gasteiger partial charge in [-0.25, -0.2) is 10.1 Å². The van der Waals surface area contributed by atoms with E-state index < -0.39 is 17.5 Å². The highest BCUT2D eigenvalue weighted by Crippen LogP contribution is 2.42. The van der Waals surface area contributed by atoms with Crippen molar-refractivity contribution in [2.45, 2.75) is 18.5 Å². The molecule has 102 valence electrons. The van der Waals surface area contributed by atoms with E-state index in [0.29, 0.717) is 5.56 Å². The van der Waals surface area contributed by atoms with Crippen molar-refractivity contribution in [3.63, 3.8) is 0 Å². The zero-order chi connectivity index (χ0) is 14.1. The van der Waals surface area contributed by atoms with Gasteiger partial charge in [-0.15, -0.1) is 0 Å². The maximum atomic E-state index is 11.6. The number of carbonyl (C=O) groups excluding carboxylic acids is 1. The quantitative estimate of drug-likeness (QED) is 0.485. The molecule has 6 heteroatoms. The molecule has 1 aromatic rings. The first-order chi connectivity index (χ1) is 8.95. The van der Waals surface area contributed by atoms with E-state index in [1.54, 1.807) is 30.3 Å². The molecule has 2 atom stereocenters. The average Bonchev–Trinajstić information content (AvgIpc) is 2.71. The minimum absolute atomic E-state index is 0.145. The number of carbonyl (C=O) groups is 1. The minimum atomic E-state index is -1.92. The number of aliphatic hydroxyl groups is 1. The Balaban J connectivity index is 2.50. The van der Waals surface area contributed by atoms with E-state index in [9.17, 15) is 9.90 Å². The molecule has 0 fully saturated rings. The van der Waals surface area contributed by atoms with Crippen molar-refractivity contribution in [3.8, 4) is 0 Å². The van der Waals surface area contributed by atoms with Crippen LogP contribution in [0.3, 0.4) is 0 Å². The number of ether oxygens (including phenoxy) is 2. The van der Waals surface area contributed by atoms with E-state index >= 15 is 0 Å². The third-order valence-electron chi connectivity index (χ3n) is 2.90. The van der Waals surface area contributed by atoms with Gasteiger partial charge in [0, 0.05) is 5.56 Å². The molecule has 0 amide bonds. The first kappa shape index (κ1) is 13.7. The van der Waals surface area contributed by atoms with E-state index in [-0.39, 0.29) is 5.57 Å². The molecule has 19 heavy (non-hydrogen) atoms. The molecule has 1 aromatic carbocycles. The molecular weight excluding hydrogens is 252 g/mol. The molecule has 0 saturated heterocycles. The summed E-state index contributed by atoms with van der Waals surface area (Å²) in [4.78, 5) is 16.0. The fourth-order valence-corrected chi connectivity index (χ4v) is 1.97. The summed E-state index contributed by atoms with van der Waals surface area (Å²) >= 11 is 0. The Morgan fingerprint density at radius 2 is 1.95 bits per heavy atom. The fraction of sp³-hybridized carbons (Fsp3) is 0.308. The Hall–Kier alpha value is -1.73. The maximum Gasteiger partial charge on any atom is 0.339 e. The molecule has 0 saturated carbocycles. The first-order valence-corrected chi connectivity index (χ1v) is 5.57. The average molecular weight is 266 g/mol. The van der Waals surface area contributed by atoms with Crippen LogP contribution in [-0.2, 0) is 24.9 Å². The van der Waals surface area contributed by atoms with Crippen molar-refractivity contribution in [2.24, 2.45) is 0 Å². The van der Waals surface area contributed by atoms with E-state index in [2.05, 4.69) is 9.62 Å². The lowest BCUT2D eigenvalue weighted by molar-refractivity contribution is -0.418. The Morgan fingerprint density at radius 3 is 2.47 bits per heavy atom. The molecule has 1 aliphatic heterocycles. The third kappa shape index (κ3) is 2.26. The lowest BCUT2D eigenvalue weighted by atomic mass is 10.0.